The number of aliphatic hydroxyl groups excluding tert-OH is 2. The van der Waals surface area contributed by atoms with Crippen LogP contribution >= 0.6 is 11.8 Å². The van der Waals surface area contributed by atoms with E-state index in [1.807, 2.05) is 0 Å². The van der Waals surface area contributed by atoms with Crippen LogP contribution < -0.4 is 11.3 Å². The lowest BCUT2D eigenvalue weighted by molar-refractivity contribution is -0.0289. The van der Waals surface area contributed by atoms with Crippen LogP contribution in [0.5, 0.6) is 0 Å². The number of nitrogens with zero attached hydrogens (tertiary/aromatic N) is 5. The van der Waals surface area contributed by atoms with Gasteiger partial charge in [0, 0.05) is 11.9 Å². The quantitative estimate of drug-likeness (QED) is 0.212. The van der Waals surface area contributed by atoms with E-state index >= 15 is 0 Å². The zero-order chi connectivity index (χ0) is 20.1. The number of aliphatic hydroxyl groups is 2. The molecule has 0 saturated carbocycles. The van der Waals surface area contributed by atoms with E-state index in [9.17, 15) is 15.0 Å². The van der Waals surface area contributed by atoms with Crippen LogP contribution in [0.1, 0.15) is 6.23 Å². The van der Waals surface area contributed by atoms with Crippen LogP contribution in [-0.2, 0) is 4.74 Å². The van der Waals surface area contributed by atoms with Crippen molar-refractivity contribution in [2.75, 3.05) is 11.5 Å². The van der Waals surface area contributed by atoms with Gasteiger partial charge in [-0.2, -0.15) is 0 Å². The SMILES string of the molecule is Nc1ncnc2c1ncn2[C@@H]1O[C@H](CSc2nc3[nH]ccc3c(=O)[nH]2)[C@@H](O)[C@H]1O. The topological polar surface area (TPSA) is 181 Å². The molecule has 0 aliphatic carbocycles. The number of aromatic amines is 2. The summed E-state index contributed by atoms with van der Waals surface area (Å²) in [5.74, 6) is 0.469. The Morgan fingerprint density at radius 3 is 3.00 bits per heavy atom. The zero-order valence-corrected chi connectivity index (χ0v) is 15.6. The normalized spacial score (nSPS) is 24.6. The number of imidazole rings is 1. The third kappa shape index (κ3) is 2.95. The summed E-state index contributed by atoms with van der Waals surface area (Å²) in [7, 11) is 0. The molecule has 0 bridgehead atoms. The highest BCUT2D eigenvalue weighted by molar-refractivity contribution is 7.99. The number of nitrogen functional groups attached to an aromatic ring is 1. The highest BCUT2D eigenvalue weighted by Crippen LogP contribution is 2.34. The van der Waals surface area contributed by atoms with Crippen LogP contribution in [0.3, 0.4) is 0 Å². The van der Waals surface area contributed by atoms with Crippen LogP contribution in [0, 0.1) is 0 Å². The molecule has 29 heavy (non-hydrogen) atoms. The fourth-order valence-electron chi connectivity index (χ4n) is 3.31. The Morgan fingerprint density at radius 1 is 1.28 bits per heavy atom. The monoisotopic (exact) mass is 416 g/mol. The average molecular weight is 416 g/mol. The Bertz CT molecular complexity index is 1250. The van der Waals surface area contributed by atoms with E-state index in [0.29, 0.717) is 27.4 Å². The molecule has 0 aromatic carbocycles. The molecule has 12 nitrogen and oxygen atoms in total. The predicted octanol–water partition coefficient (Wildman–Crippen LogP) is -0.615. The molecule has 1 aliphatic rings. The molecule has 4 aromatic heterocycles. The van der Waals surface area contributed by atoms with Crippen LogP contribution in [0.4, 0.5) is 5.82 Å². The Balaban J connectivity index is 1.36. The molecule has 0 unspecified atom stereocenters. The minimum absolute atomic E-state index is 0.212. The van der Waals surface area contributed by atoms with E-state index in [1.165, 1.54) is 29.0 Å². The second-order valence-corrected chi connectivity index (χ2v) is 7.56. The van der Waals surface area contributed by atoms with E-state index < -0.39 is 24.5 Å². The molecule has 4 aromatic rings. The average Bonchev–Trinajstić information content (AvgIpc) is 3.40. The molecule has 0 amide bonds. The summed E-state index contributed by atoms with van der Waals surface area (Å²) in [4.78, 5) is 34.1. The molecule has 4 atom stereocenters. The minimum atomic E-state index is -1.20. The number of anilines is 1. The van der Waals surface area contributed by atoms with Gasteiger partial charge in [-0.05, 0) is 6.07 Å². The second-order valence-electron chi connectivity index (χ2n) is 6.55. The first-order valence-electron chi connectivity index (χ1n) is 8.67. The van der Waals surface area contributed by atoms with Gasteiger partial charge in [0.2, 0.25) is 0 Å². The Labute approximate surface area is 166 Å². The van der Waals surface area contributed by atoms with Gasteiger partial charge in [0.05, 0.1) is 17.8 Å². The third-order valence-electron chi connectivity index (χ3n) is 4.79. The first-order chi connectivity index (χ1) is 14.0. The van der Waals surface area contributed by atoms with Crippen molar-refractivity contribution in [3.05, 3.63) is 35.3 Å². The van der Waals surface area contributed by atoms with Gasteiger partial charge in [-0.25, -0.2) is 19.9 Å². The van der Waals surface area contributed by atoms with E-state index in [2.05, 4.69) is 29.9 Å². The van der Waals surface area contributed by atoms with Crippen molar-refractivity contribution < 1.29 is 14.9 Å². The highest BCUT2D eigenvalue weighted by Gasteiger charge is 2.44. The number of thioether (sulfide) groups is 1. The molecule has 6 N–H and O–H groups in total. The van der Waals surface area contributed by atoms with E-state index in [4.69, 9.17) is 10.5 Å². The molecule has 150 valence electrons. The molecular weight excluding hydrogens is 400 g/mol. The Morgan fingerprint density at radius 2 is 2.14 bits per heavy atom. The largest absolute Gasteiger partial charge is 0.387 e. The number of fused-ring (bicyclic) bond motifs is 2. The number of nitrogens with one attached hydrogen (secondary N) is 2. The lowest BCUT2D eigenvalue weighted by Gasteiger charge is -2.16. The third-order valence-corrected chi connectivity index (χ3v) is 5.75. The maximum Gasteiger partial charge on any atom is 0.261 e. The maximum absolute atomic E-state index is 12.1. The summed E-state index contributed by atoms with van der Waals surface area (Å²) in [6.45, 7) is 0. The molecule has 5 rings (SSSR count). The van der Waals surface area contributed by atoms with Crippen molar-refractivity contribution in [1.82, 2.24) is 34.5 Å². The lowest BCUT2D eigenvalue weighted by atomic mass is 10.1. The number of H-pyrrole nitrogens is 2. The van der Waals surface area contributed by atoms with Crippen LogP contribution in [0.25, 0.3) is 22.2 Å². The van der Waals surface area contributed by atoms with Gasteiger partial charge in [-0.3, -0.25) is 9.36 Å². The number of nitrogens with two attached hydrogens (primary N) is 1. The van der Waals surface area contributed by atoms with E-state index in [-0.39, 0.29) is 17.1 Å². The van der Waals surface area contributed by atoms with Crippen molar-refractivity contribution in [2.45, 2.75) is 29.7 Å². The number of hydrogen-bond donors (Lipinski definition) is 5. The van der Waals surface area contributed by atoms with Gasteiger partial charge in [0.1, 0.15) is 29.7 Å². The van der Waals surface area contributed by atoms with E-state index in [1.54, 1.807) is 12.3 Å². The van der Waals surface area contributed by atoms with Crippen molar-refractivity contribution >= 4 is 39.8 Å². The Hall–Kier alpha value is -3.00. The molecule has 1 saturated heterocycles. The summed E-state index contributed by atoms with van der Waals surface area (Å²) in [6, 6.07) is 1.64. The first-order valence-corrected chi connectivity index (χ1v) is 9.66. The van der Waals surface area contributed by atoms with Gasteiger partial charge in [0.25, 0.3) is 5.56 Å². The van der Waals surface area contributed by atoms with Gasteiger partial charge < -0.3 is 30.7 Å². The number of ether oxygens (including phenoxy) is 1. The van der Waals surface area contributed by atoms with Crippen LogP contribution in [-0.4, -0.2) is 68.7 Å². The summed E-state index contributed by atoms with van der Waals surface area (Å²) in [5, 5.41) is 21.8. The smallest absolute Gasteiger partial charge is 0.261 e. The summed E-state index contributed by atoms with van der Waals surface area (Å²) in [5.41, 5.74) is 6.79. The number of rotatable bonds is 4. The summed E-state index contributed by atoms with van der Waals surface area (Å²) in [6.07, 6.45) is 0.410. The highest BCUT2D eigenvalue weighted by atomic mass is 32.2. The predicted molar refractivity (Wildman–Crippen MR) is 103 cm³/mol. The molecule has 1 fully saturated rings. The first kappa shape index (κ1) is 18.1. The van der Waals surface area contributed by atoms with Gasteiger partial charge in [0.15, 0.2) is 22.8 Å². The molecule has 13 heteroatoms. The number of aromatic nitrogens is 7. The maximum atomic E-state index is 12.1. The number of hydrogen-bond acceptors (Lipinski definition) is 10. The second kappa shape index (κ2) is 6.81. The molecule has 1 aliphatic heterocycles. The summed E-state index contributed by atoms with van der Waals surface area (Å²) < 4.78 is 7.39. The Kier molecular flexibility index (Phi) is 4.24. The van der Waals surface area contributed by atoms with E-state index in [0.717, 1.165) is 0 Å². The molecule has 5 heterocycles. The molecular formula is C16H16N8O4S. The summed E-state index contributed by atoms with van der Waals surface area (Å²) >= 11 is 1.21. The zero-order valence-electron chi connectivity index (χ0n) is 14.8. The van der Waals surface area contributed by atoms with Crippen LogP contribution in [0.2, 0.25) is 0 Å². The van der Waals surface area contributed by atoms with Gasteiger partial charge in [-0.15, -0.1) is 0 Å². The van der Waals surface area contributed by atoms with Crippen molar-refractivity contribution in [3.63, 3.8) is 0 Å². The standard InChI is InChI=1S/C16H16N8O4S/c17-11-8-13(20-4-19-11)24(5-21-8)15-10(26)9(25)7(28-15)3-29-16-22-12-6(1-2-18-12)14(27)23-16/h1-2,4-5,7,9-10,15,25-26H,3H2,(H2,17,19,20)(H2,18,22,23,27)/t7-,9-,10-,15-/m1/s1. The van der Waals surface area contributed by atoms with Gasteiger partial charge >= 0.3 is 0 Å². The van der Waals surface area contributed by atoms with Crippen molar-refractivity contribution in [3.8, 4) is 0 Å². The van der Waals surface area contributed by atoms with Crippen LogP contribution in [0.15, 0.2) is 34.9 Å². The fourth-order valence-corrected chi connectivity index (χ4v) is 4.23. The molecule has 0 spiro atoms. The lowest BCUT2D eigenvalue weighted by Crippen LogP contribution is -2.32. The fraction of sp³-hybridized carbons (Fsp3) is 0.312. The van der Waals surface area contributed by atoms with Crippen molar-refractivity contribution in [2.24, 2.45) is 0 Å². The minimum Gasteiger partial charge on any atom is -0.387 e. The molecule has 0 radical (unpaired) electrons. The van der Waals surface area contributed by atoms with Gasteiger partial charge in [-0.1, -0.05) is 11.8 Å². The van der Waals surface area contributed by atoms with Crippen molar-refractivity contribution in [1.29, 1.82) is 0 Å².